The summed E-state index contributed by atoms with van der Waals surface area (Å²) in [7, 11) is 0. The molecule has 0 radical (unpaired) electrons. The van der Waals surface area contributed by atoms with E-state index in [2.05, 4.69) is 10.2 Å². The highest BCUT2D eigenvalue weighted by Gasteiger charge is 2.35. The maximum Gasteiger partial charge on any atom is 0.419 e. The first-order valence-electron chi connectivity index (χ1n) is 5.85. The van der Waals surface area contributed by atoms with Gasteiger partial charge in [-0.2, -0.15) is 13.2 Å². The maximum atomic E-state index is 14.1. The molecule has 0 saturated carbocycles. The average Bonchev–Trinajstić information content (AvgIpc) is 2.81. The first kappa shape index (κ1) is 14.4. The molecule has 114 valence electrons. The highest BCUT2D eigenvalue weighted by molar-refractivity contribution is 7.71. The fraction of sp³-hybridized carbons (Fsp3) is 0.0833. The molecule has 0 aliphatic carbocycles. The number of hydrogen-bond donors (Lipinski definition) is 1. The fourth-order valence-electron chi connectivity index (χ4n) is 2.02. The number of nitrogens with one attached hydrogen (secondary N) is 1. The summed E-state index contributed by atoms with van der Waals surface area (Å²) in [6, 6.07) is 2.70. The zero-order valence-electron chi connectivity index (χ0n) is 10.6. The van der Waals surface area contributed by atoms with Gasteiger partial charge in [-0.05, 0) is 24.4 Å². The van der Waals surface area contributed by atoms with Gasteiger partial charge < -0.3 is 0 Å². The summed E-state index contributed by atoms with van der Waals surface area (Å²) in [5, 5.41) is 6.05. The standard InChI is InChI=1S/C12H6F4N4OS/c13-8-6(12(14,15)16)2-1-3-7(8)19-4-5-20-9(10(19)21)17-18-11(20)22/h1-5H,(H,18,22). The molecule has 5 nitrogen and oxygen atoms in total. The van der Waals surface area contributed by atoms with Crippen molar-refractivity contribution in [1.82, 2.24) is 19.2 Å². The molecule has 10 heteroatoms. The molecular formula is C12H6F4N4OS. The van der Waals surface area contributed by atoms with Crippen LogP contribution in [0.1, 0.15) is 5.56 Å². The molecule has 1 N–H and O–H groups in total. The second kappa shape index (κ2) is 4.77. The fourth-order valence-corrected chi connectivity index (χ4v) is 2.21. The monoisotopic (exact) mass is 330 g/mol. The minimum atomic E-state index is -4.86. The predicted molar refractivity (Wildman–Crippen MR) is 70.9 cm³/mol. The Morgan fingerprint density at radius 1 is 1.23 bits per heavy atom. The Morgan fingerprint density at radius 2 is 1.95 bits per heavy atom. The summed E-state index contributed by atoms with van der Waals surface area (Å²) in [6.07, 6.45) is -2.43. The third kappa shape index (κ3) is 2.11. The number of nitrogens with zero attached hydrogens (tertiary/aromatic N) is 3. The van der Waals surface area contributed by atoms with Crippen molar-refractivity contribution >= 4 is 17.9 Å². The second-order valence-corrected chi connectivity index (χ2v) is 4.72. The molecule has 0 unspecified atom stereocenters. The van der Waals surface area contributed by atoms with E-state index < -0.39 is 28.8 Å². The number of aromatic nitrogens is 4. The van der Waals surface area contributed by atoms with Gasteiger partial charge in [0.25, 0.3) is 0 Å². The van der Waals surface area contributed by atoms with Crippen molar-refractivity contribution in [2.45, 2.75) is 6.18 Å². The molecule has 2 heterocycles. The van der Waals surface area contributed by atoms with E-state index in [1.54, 1.807) is 0 Å². The zero-order chi connectivity index (χ0) is 16.1. The van der Waals surface area contributed by atoms with Gasteiger partial charge in [-0.3, -0.25) is 18.9 Å². The van der Waals surface area contributed by atoms with E-state index in [0.29, 0.717) is 6.07 Å². The lowest BCUT2D eigenvalue weighted by atomic mass is 10.1. The summed E-state index contributed by atoms with van der Waals surface area (Å²) in [4.78, 5) is 12.2. The Balaban J connectivity index is 2.31. The molecule has 22 heavy (non-hydrogen) atoms. The summed E-state index contributed by atoms with van der Waals surface area (Å²) < 4.78 is 54.4. The molecule has 2 aromatic heterocycles. The summed E-state index contributed by atoms with van der Waals surface area (Å²) in [5.41, 5.74) is -2.91. The lowest BCUT2D eigenvalue weighted by Gasteiger charge is -2.12. The van der Waals surface area contributed by atoms with Crippen LogP contribution in [0.2, 0.25) is 0 Å². The topological polar surface area (TPSA) is 55.1 Å². The maximum absolute atomic E-state index is 14.1. The molecule has 0 bridgehead atoms. The third-order valence-corrected chi connectivity index (χ3v) is 3.31. The molecule has 1 aromatic carbocycles. The molecule has 0 spiro atoms. The predicted octanol–water partition coefficient (Wildman–Crippen LogP) is 2.70. The zero-order valence-corrected chi connectivity index (χ0v) is 11.4. The summed E-state index contributed by atoms with van der Waals surface area (Å²) in [5.74, 6) is -1.53. The third-order valence-electron chi connectivity index (χ3n) is 3.02. The van der Waals surface area contributed by atoms with Crippen LogP contribution in [-0.2, 0) is 6.18 Å². The van der Waals surface area contributed by atoms with E-state index in [0.717, 1.165) is 22.9 Å². The van der Waals surface area contributed by atoms with Gasteiger partial charge in [0.1, 0.15) is 0 Å². The second-order valence-electron chi connectivity index (χ2n) is 4.33. The van der Waals surface area contributed by atoms with Gasteiger partial charge in [-0.1, -0.05) is 6.07 Å². The smallest absolute Gasteiger partial charge is 0.277 e. The van der Waals surface area contributed by atoms with E-state index in [1.807, 2.05) is 0 Å². The van der Waals surface area contributed by atoms with E-state index >= 15 is 0 Å². The Kier molecular flexibility index (Phi) is 3.13. The molecule has 3 aromatic rings. The molecular weight excluding hydrogens is 324 g/mol. The number of aromatic amines is 1. The minimum absolute atomic E-state index is 0.142. The van der Waals surface area contributed by atoms with Crippen molar-refractivity contribution < 1.29 is 17.6 Å². The first-order chi connectivity index (χ1) is 10.3. The van der Waals surface area contributed by atoms with Gasteiger partial charge in [0.15, 0.2) is 10.6 Å². The van der Waals surface area contributed by atoms with Crippen LogP contribution in [-0.4, -0.2) is 19.2 Å². The molecule has 0 saturated heterocycles. The van der Waals surface area contributed by atoms with Crippen LogP contribution in [0, 0.1) is 10.6 Å². The van der Waals surface area contributed by atoms with Gasteiger partial charge in [-0.15, -0.1) is 5.10 Å². The van der Waals surface area contributed by atoms with Gasteiger partial charge >= 0.3 is 11.7 Å². The lowest BCUT2D eigenvalue weighted by molar-refractivity contribution is -0.140. The van der Waals surface area contributed by atoms with Crippen molar-refractivity contribution in [3.63, 3.8) is 0 Å². The number of rotatable bonds is 1. The highest BCUT2D eigenvalue weighted by atomic mass is 32.1. The van der Waals surface area contributed by atoms with Gasteiger partial charge in [-0.25, -0.2) is 4.39 Å². The molecule has 0 aliphatic rings. The highest BCUT2D eigenvalue weighted by Crippen LogP contribution is 2.33. The Hall–Kier alpha value is -2.49. The Bertz CT molecular complexity index is 985. The van der Waals surface area contributed by atoms with Crippen LogP contribution >= 0.6 is 12.2 Å². The van der Waals surface area contributed by atoms with Crippen LogP contribution in [0.4, 0.5) is 17.6 Å². The summed E-state index contributed by atoms with van der Waals surface area (Å²) in [6.45, 7) is 0. The normalized spacial score (nSPS) is 12.0. The molecule has 0 fully saturated rings. The minimum Gasteiger partial charge on any atom is -0.277 e. The molecule has 3 rings (SSSR count). The largest absolute Gasteiger partial charge is 0.419 e. The van der Waals surface area contributed by atoms with Crippen LogP contribution < -0.4 is 5.56 Å². The number of H-pyrrole nitrogens is 1. The van der Waals surface area contributed by atoms with Crippen LogP contribution in [0.3, 0.4) is 0 Å². The van der Waals surface area contributed by atoms with Gasteiger partial charge in [0, 0.05) is 12.4 Å². The van der Waals surface area contributed by atoms with E-state index in [-0.39, 0.29) is 10.4 Å². The SMILES string of the molecule is O=c1c2n[nH]c(=S)n2ccn1-c1cccc(C(F)(F)F)c1F. The first-order valence-corrected chi connectivity index (χ1v) is 6.26. The van der Waals surface area contributed by atoms with Crippen LogP contribution in [0.5, 0.6) is 0 Å². The quantitative estimate of drug-likeness (QED) is 0.551. The Labute approximate surface area is 124 Å². The number of hydrogen-bond acceptors (Lipinski definition) is 3. The molecule has 0 amide bonds. The van der Waals surface area contributed by atoms with Crippen molar-refractivity contribution in [2.75, 3.05) is 0 Å². The van der Waals surface area contributed by atoms with Gasteiger partial charge in [0.2, 0.25) is 5.65 Å². The molecule has 0 atom stereocenters. The van der Waals surface area contributed by atoms with E-state index in [9.17, 15) is 22.4 Å². The average molecular weight is 330 g/mol. The van der Waals surface area contributed by atoms with Crippen LogP contribution in [0.15, 0.2) is 35.4 Å². The van der Waals surface area contributed by atoms with Crippen molar-refractivity contribution in [3.05, 3.63) is 57.1 Å². The van der Waals surface area contributed by atoms with E-state index in [4.69, 9.17) is 12.2 Å². The van der Waals surface area contributed by atoms with Crippen LogP contribution in [0.25, 0.3) is 11.3 Å². The molecule has 0 aliphatic heterocycles. The van der Waals surface area contributed by atoms with Crippen molar-refractivity contribution in [1.29, 1.82) is 0 Å². The van der Waals surface area contributed by atoms with Crippen molar-refractivity contribution in [3.8, 4) is 5.69 Å². The Morgan fingerprint density at radius 3 is 2.64 bits per heavy atom. The lowest BCUT2D eigenvalue weighted by Crippen LogP contribution is -2.22. The van der Waals surface area contributed by atoms with Gasteiger partial charge in [0.05, 0.1) is 11.3 Å². The summed E-state index contributed by atoms with van der Waals surface area (Å²) >= 11 is 4.88. The number of alkyl halides is 3. The number of benzene rings is 1. The van der Waals surface area contributed by atoms with Crippen molar-refractivity contribution in [2.24, 2.45) is 0 Å². The van der Waals surface area contributed by atoms with E-state index in [1.165, 1.54) is 10.6 Å². The number of halogens is 4. The number of fused-ring (bicyclic) bond motifs is 1.